The molecule has 1 aromatic heterocycles. The van der Waals surface area contributed by atoms with E-state index in [4.69, 9.17) is 4.74 Å². The molecule has 1 aliphatic heterocycles. The van der Waals surface area contributed by atoms with Gasteiger partial charge in [-0.2, -0.15) is 0 Å². The molecule has 118 valence electrons. The average Bonchev–Trinajstić information content (AvgIpc) is 3.04. The Hall–Kier alpha value is -0.930. The number of pyridine rings is 1. The van der Waals surface area contributed by atoms with Crippen LogP contribution in [0.4, 0.5) is 0 Å². The van der Waals surface area contributed by atoms with Gasteiger partial charge in [0, 0.05) is 25.0 Å². The number of nitrogens with one attached hydrogen (secondary N) is 1. The van der Waals surface area contributed by atoms with Crippen molar-refractivity contribution >= 4 is 0 Å². The van der Waals surface area contributed by atoms with Gasteiger partial charge in [0.25, 0.3) is 0 Å². The molecule has 2 rings (SSSR count). The molecule has 2 heterocycles. The average molecular weight is 290 g/mol. The van der Waals surface area contributed by atoms with Crippen molar-refractivity contribution in [3.63, 3.8) is 0 Å². The Bertz CT molecular complexity index is 363. The van der Waals surface area contributed by atoms with Gasteiger partial charge in [-0.25, -0.2) is 0 Å². The second-order valence-corrected chi connectivity index (χ2v) is 6.12. The zero-order valence-electron chi connectivity index (χ0n) is 13.4. The highest BCUT2D eigenvalue weighted by molar-refractivity contribution is 5.08. The van der Waals surface area contributed by atoms with Crippen LogP contribution in [-0.2, 0) is 11.2 Å². The van der Waals surface area contributed by atoms with Gasteiger partial charge >= 0.3 is 0 Å². The van der Waals surface area contributed by atoms with E-state index in [1.807, 2.05) is 18.5 Å². The summed E-state index contributed by atoms with van der Waals surface area (Å²) in [6.45, 7) is 4.33. The second-order valence-electron chi connectivity index (χ2n) is 6.12. The van der Waals surface area contributed by atoms with Gasteiger partial charge in [-0.1, -0.05) is 13.0 Å². The molecule has 3 heteroatoms. The molecule has 0 aromatic carbocycles. The summed E-state index contributed by atoms with van der Waals surface area (Å²) in [4.78, 5) is 4.20. The maximum absolute atomic E-state index is 5.72. The molecule has 0 spiro atoms. The first-order valence-corrected chi connectivity index (χ1v) is 8.62. The van der Waals surface area contributed by atoms with Crippen molar-refractivity contribution in [2.75, 3.05) is 13.2 Å². The molecule has 1 aromatic rings. The van der Waals surface area contributed by atoms with Crippen LogP contribution in [0.15, 0.2) is 24.5 Å². The molecule has 0 saturated carbocycles. The molecule has 1 N–H and O–H groups in total. The Morgan fingerprint density at radius 3 is 3.10 bits per heavy atom. The summed E-state index contributed by atoms with van der Waals surface area (Å²) >= 11 is 0. The van der Waals surface area contributed by atoms with Crippen LogP contribution in [0.5, 0.6) is 0 Å². The number of hydrogen-bond donors (Lipinski definition) is 1. The van der Waals surface area contributed by atoms with Crippen LogP contribution in [0, 0.1) is 0 Å². The largest absolute Gasteiger partial charge is 0.378 e. The maximum atomic E-state index is 5.72. The molecule has 21 heavy (non-hydrogen) atoms. The van der Waals surface area contributed by atoms with Gasteiger partial charge in [0.2, 0.25) is 0 Å². The highest BCUT2D eigenvalue weighted by Crippen LogP contribution is 2.19. The summed E-state index contributed by atoms with van der Waals surface area (Å²) in [5.41, 5.74) is 1.35. The normalized spacial score (nSPS) is 19.8. The van der Waals surface area contributed by atoms with E-state index in [1.165, 1.54) is 50.5 Å². The Morgan fingerprint density at radius 1 is 1.43 bits per heavy atom. The van der Waals surface area contributed by atoms with Crippen LogP contribution in [0.2, 0.25) is 0 Å². The van der Waals surface area contributed by atoms with Gasteiger partial charge < -0.3 is 10.1 Å². The van der Waals surface area contributed by atoms with Crippen LogP contribution in [0.1, 0.15) is 57.4 Å². The summed E-state index contributed by atoms with van der Waals surface area (Å²) in [5.74, 6) is 0. The predicted octanol–water partition coefficient (Wildman–Crippen LogP) is 3.73. The van der Waals surface area contributed by atoms with E-state index in [9.17, 15) is 0 Å². The molecule has 0 amide bonds. The third-order valence-electron chi connectivity index (χ3n) is 4.29. The molecule has 2 atom stereocenters. The molecule has 1 fully saturated rings. The molecule has 0 radical (unpaired) electrons. The first-order valence-electron chi connectivity index (χ1n) is 8.62. The van der Waals surface area contributed by atoms with E-state index in [-0.39, 0.29) is 0 Å². The summed E-state index contributed by atoms with van der Waals surface area (Å²) < 4.78 is 5.72. The number of hydrogen-bond acceptors (Lipinski definition) is 3. The molecule has 0 aliphatic carbocycles. The van der Waals surface area contributed by atoms with Gasteiger partial charge in [0.05, 0.1) is 6.10 Å². The molecule has 0 bridgehead atoms. The van der Waals surface area contributed by atoms with Crippen LogP contribution in [0.3, 0.4) is 0 Å². The highest BCUT2D eigenvalue weighted by atomic mass is 16.5. The summed E-state index contributed by atoms with van der Waals surface area (Å²) in [6.07, 6.45) is 14.2. The smallest absolute Gasteiger partial charge is 0.0576 e. The minimum absolute atomic E-state index is 0.537. The van der Waals surface area contributed by atoms with Crippen molar-refractivity contribution in [1.29, 1.82) is 0 Å². The van der Waals surface area contributed by atoms with E-state index in [0.29, 0.717) is 12.1 Å². The maximum Gasteiger partial charge on any atom is 0.0576 e. The Kier molecular flexibility index (Phi) is 7.76. The van der Waals surface area contributed by atoms with E-state index in [0.717, 1.165) is 19.6 Å². The van der Waals surface area contributed by atoms with E-state index < -0.39 is 0 Å². The van der Waals surface area contributed by atoms with Crippen LogP contribution in [0.25, 0.3) is 0 Å². The third-order valence-corrected chi connectivity index (χ3v) is 4.29. The van der Waals surface area contributed by atoms with Crippen LogP contribution in [-0.4, -0.2) is 30.3 Å². The van der Waals surface area contributed by atoms with Crippen LogP contribution < -0.4 is 5.32 Å². The second kappa shape index (κ2) is 9.91. The first-order chi connectivity index (χ1) is 10.4. The number of aromatic nitrogens is 1. The monoisotopic (exact) mass is 290 g/mol. The van der Waals surface area contributed by atoms with Crippen molar-refractivity contribution in [3.05, 3.63) is 30.1 Å². The van der Waals surface area contributed by atoms with Gasteiger partial charge in [-0.15, -0.1) is 0 Å². The predicted molar refractivity (Wildman–Crippen MR) is 87.5 cm³/mol. The van der Waals surface area contributed by atoms with Crippen LogP contribution >= 0.6 is 0 Å². The molecule has 3 nitrogen and oxygen atoms in total. The Balaban J connectivity index is 1.68. The lowest BCUT2D eigenvalue weighted by atomic mass is 10.00. The molecular weight excluding hydrogens is 260 g/mol. The first kappa shape index (κ1) is 16.4. The standard InChI is InChI=1S/C18H30N2O/c1-2-12-20-17(7-3-8-18-9-5-14-21-18)11-10-16-6-4-13-19-15-16/h4,6,13,15,17-18,20H,2-3,5,7-12,14H2,1H3. The van der Waals surface area contributed by atoms with Crippen molar-refractivity contribution in [2.24, 2.45) is 0 Å². The van der Waals surface area contributed by atoms with Crippen molar-refractivity contribution in [1.82, 2.24) is 10.3 Å². The minimum Gasteiger partial charge on any atom is -0.378 e. The number of nitrogens with zero attached hydrogens (tertiary/aromatic N) is 1. The van der Waals surface area contributed by atoms with E-state index >= 15 is 0 Å². The summed E-state index contributed by atoms with van der Waals surface area (Å²) in [5, 5.41) is 3.70. The van der Waals surface area contributed by atoms with Crippen molar-refractivity contribution < 1.29 is 4.74 Å². The lowest BCUT2D eigenvalue weighted by molar-refractivity contribution is 0.101. The lowest BCUT2D eigenvalue weighted by Gasteiger charge is -2.19. The Labute approximate surface area is 129 Å². The highest BCUT2D eigenvalue weighted by Gasteiger charge is 2.16. The van der Waals surface area contributed by atoms with Gasteiger partial charge in [-0.3, -0.25) is 4.98 Å². The summed E-state index contributed by atoms with van der Waals surface area (Å²) in [6, 6.07) is 4.84. The molecule has 2 unspecified atom stereocenters. The molecular formula is C18H30N2O. The minimum atomic E-state index is 0.537. The zero-order chi connectivity index (χ0) is 14.8. The van der Waals surface area contributed by atoms with E-state index in [1.54, 1.807) is 0 Å². The Morgan fingerprint density at radius 2 is 2.38 bits per heavy atom. The zero-order valence-corrected chi connectivity index (χ0v) is 13.4. The summed E-state index contributed by atoms with van der Waals surface area (Å²) in [7, 11) is 0. The number of ether oxygens (including phenoxy) is 1. The fourth-order valence-corrected chi connectivity index (χ4v) is 3.05. The SMILES string of the molecule is CCCNC(CCCC1CCCO1)CCc1cccnc1. The fourth-order valence-electron chi connectivity index (χ4n) is 3.05. The van der Waals surface area contributed by atoms with Gasteiger partial charge in [-0.05, 0) is 69.5 Å². The van der Waals surface area contributed by atoms with Gasteiger partial charge in [0.15, 0.2) is 0 Å². The fraction of sp³-hybridized carbons (Fsp3) is 0.722. The number of aryl methyl sites for hydroxylation is 1. The quantitative estimate of drug-likeness (QED) is 0.713. The topological polar surface area (TPSA) is 34.1 Å². The lowest BCUT2D eigenvalue weighted by Crippen LogP contribution is -2.30. The van der Waals surface area contributed by atoms with Gasteiger partial charge in [0.1, 0.15) is 0 Å². The van der Waals surface area contributed by atoms with Crippen molar-refractivity contribution in [2.45, 2.75) is 70.4 Å². The number of rotatable bonds is 10. The van der Waals surface area contributed by atoms with Crippen molar-refractivity contribution in [3.8, 4) is 0 Å². The van der Waals surface area contributed by atoms with E-state index in [2.05, 4.69) is 23.3 Å². The molecule has 1 aliphatic rings. The third kappa shape index (κ3) is 6.58. The molecule has 1 saturated heterocycles.